The highest BCUT2D eigenvalue weighted by Gasteiger charge is 2.17. The molecule has 0 aliphatic heterocycles. The van der Waals surface area contributed by atoms with Crippen molar-refractivity contribution in [3.8, 4) is 0 Å². The highest BCUT2D eigenvalue weighted by molar-refractivity contribution is 5.64. The summed E-state index contributed by atoms with van der Waals surface area (Å²) in [5.41, 5.74) is 2.85. The lowest BCUT2D eigenvalue weighted by atomic mass is 10.2. The Morgan fingerprint density at radius 3 is 2.15 bits per heavy atom. The number of nitrogens with one attached hydrogen (secondary N) is 3. The summed E-state index contributed by atoms with van der Waals surface area (Å²) in [5, 5.41) is 9.66. The molecule has 1 saturated carbocycles. The number of halogens is 1. The van der Waals surface area contributed by atoms with Gasteiger partial charge in [0.2, 0.25) is 5.95 Å². The van der Waals surface area contributed by atoms with Crippen LogP contribution >= 0.6 is 0 Å². The normalized spacial score (nSPS) is 14.1. The molecule has 0 spiro atoms. The van der Waals surface area contributed by atoms with E-state index in [1.807, 2.05) is 54.6 Å². The zero-order valence-corrected chi connectivity index (χ0v) is 15.0. The molecule has 1 fully saturated rings. The summed E-state index contributed by atoms with van der Waals surface area (Å²) in [7, 11) is 0. The van der Waals surface area contributed by atoms with Gasteiger partial charge >= 0.3 is 0 Å². The maximum Gasteiger partial charge on any atom is 0.229 e. The second-order valence-corrected chi connectivity index (χ2v) is 6.71. The molecular weight excluding hydrogens is 341 g/mol. The van der Waals surface area contributed by atoms with Gasteiger partial charge in [-0.3, -0.25) is 0 Å². The first-order valence-corrected chi connectivity index (χ1v) is 9.24. The molecule has 3 N–H and O–H groups in total. The molecule has 0 atom stereocenters. The number of para-hydroxylation sites is 1. The molecule has 5 nitrogen and oxygen atoms in total. The van der Waals surface area contributed by atoms with Gasteiger partial charge in [-0.05, 0) is 49.2 Å². The highest BCUT2D eigenvalue weighted by Crippen LogP contribution is 2.24. The van der Waals surface area contributed by atoms with E-state index in [0.717, 1.165) is 29.9 Å². The molecule has 1 heterocycles. The van der Waals surface area contributed by atoms with Crippen LogP contribution in [-0.4, -0.2) is 16.0 Å². The number of rotatable bonds is 6. The monoisotopic (exact) mass is 363 g/mol. The van der Waals surface area contributed by atoms with Crippen LogP contribution in [-0.2, 0) is 0 Å². The third-order valence-electron chi connectivity index (χ3n) is 4.64. The molecule has 1 aromatic heterocycles. The van der Waals surface area contributed by atoms with Crippen molar-refractivity contribution in [3.05, 3.63) is 66.6 Å². The third-order valence-corrected chi connectivity index (χ3v) is 4.64. The van der Waals surface area contributed by atoms with Crippen LogP contribution in [0.15, 0.2) is 60.8 Å². The summed E-state index contributed by atoms with van der Waals surface area (Å²) in [6, 6.07) is 18.1. The predicted molar refractivity (Wildman–Crippen MR) is 107 cm³/mol. The molecule has 0 unspecified atom stereocenters. The van der Waals surface area contributed by atoms with E-state index in [0.29, 0.717) is 12.0 Å². The smallest absolute Gasteiger partial charge is 0.229 e. The van der Waals surface area contributed by atoms with Gasteiger partial charge in [0.15, 0.2) is 11.6 Å². The van der Waals surface area contributed by atoms with E-state index in [1.54, 1.807) is 0 Å². The van der Waals surface area contributed by atoms with Crippen LogP contribution < -0.4 is 16.0 Å². The number of aromatic nitrogens is 2. The SMILES string of the molecule is Fc1cnc(Nc2ccc(Nc3ccccc3)cc2)nc1NC1CCCC1. The van der Waals surface area contributed by atoms with Gasteiger partial charge in [-0.15, -0.1) is 0 Å². The van der Waals surface area contributed by atoms with Crippen LogP contribution in [0.2, 0.25) is 0 Å². The zero-order chi connectivity index (χ0) is 18.5. The summed E-state index contributed by atoms with van der Waals surface area (Å²) in [6.45, 7) is 0. The number of hydrogen-bond donors (Lipinski definition) is 3. The van der Waals surface area contributed by atoms with Crippen molar-refractivity contribution in [3.63, 3.8) is 0 Å². The van der Waals surface area contributed by atoms with Crippen LogP contribution in [0.4, 0.5) is 33.2 Å². The number of benzene rings is 2. The van der Waals surface area contributed by atoms with E-state index in [2.05, 4.69) is 25.9 Å². The van der Waals surface area contributed by atoms with Crippen LogP contribution in [0.3, 0.4) is 0 Å². The third kappa shape index (κ3) is 4.53. The largest absolute Gasteiger partial charge is 0.365 e. The average molecular weight is 363 g/mol. The summed E-state index contributed by atoms with van der Waals surface area (Å²) < 4.78 is 14.0. The summed E-state index contributed by atoms with van der Waals surface area (Å²) in [5.74, 6) is 0.220. The van der Waals surface area contributed by atoms with Gasteiger partial charge in [-0.1, -0.05) is 31.0 Å². The van der Waals surface area contributed by atoms with Crippen molar-refractivity contribution < 1.29 is 4.39 Å². The van der Waals surface area contributed by atoms with Crippen molar-refractivity contribution in [2.75, 3.05) is 16.0 Å². The molecule has 1 aliphatic carbocycles. The minimum Gasteiger partial charge on any atom is -0.365 e. The van der Waals surface area contributed by atoms with E-state index < -0.39 is 5.82 Å². The fourth-order valence-corrected chi connectivity index (χ4v) is 3.25. The van der Waals surface area contributed by atoms with E-state index in [9.17, 15) is 4.39 Å². The number of hydrogen-bond acceptors (Lipinski definition) is 5. The lowest BCUT2D eigenvalue weighted by Crippen LogP contribution is -2.17. The fourth-order valence-electron chi connectivity index (χ4n) is 3.25. The van der Waals surface area contributed by atoms with Crippen LogP contribution in [0, 0.1) is 5.82 Å². The van der Waals surface area contributed by atoms with Crippen LogP contribution in [0.5, 0.6) is 0 Å². The first kappa shape index (κ1) is 17.3. The van der Waals surface area contributed by atoms with Crippen LogP contribution in [0.1, 0.15) is 25.7 Å². The summed E-state index contributed by atoms with van der Waals surface area (Å²) in [4.78, 5) is 8.34. The van der Waals surface area contributed by atoms with E-state index in [-0.39, 0.29) is 5.82 Å². The minimum absolute atomic E-state index is 0.266. The lowest BCUT2D eigenvalue weighted by Gasteiger charge is -2.14. The second-order valence-electron chi connectivity index (χ2n) is 6.71. The van der Waals surface area contributed by atoms with E-state index in [1.165, 1.54) is 19.0 Å². The number of anilines is 5. The van der Waals surface area contributed by atoms with Crippen LogP contribution in [0.25, 0.3) is 0 Å². The molecule has 4 rings (SSSR count). The Labute approximate surface area is 158 Å². The van der Waals surface area contributed by atoms with Gasteiger partial charge in [0.05, 0.1) is 6.20 Å². The van der Waals surface area contributed by atoms with E-state index >= 15 is 0 Å². The van der Waals surface area contributed by atoms with Gasteiger partial charge in [-0.25, -0.2) is 9.37 Å². The summed E-state index contributed by atoms with van der Waals surface area (Å²) in [6.07, 6.45) is 5.68. The Morgan fingerprint density at radius 1 is 0.815 bits per heavy atom. The molecule has 27 heavy (non-hydrogen) atoms. The van der Waals surface area contributed by atoms with E-state index in [4.69, 9.17) is 0 Å². The molecule has 1 aliphatic rings. The zero-order valence-electron chi connectivity index (χ0n) is 15.0. The van der Waals surface area contributed by atoms with Gasteiger partial charge in [0.1, 0.15) is 0 Å². The van der Waals surface area contributed by atoms with Crippen molar-refractivity contribution >= 4 is 28.8 Å². The molecule has 3 aromatic rings. The Kier molecular flexibility index (Phi) is 5.14. The summed E-state index contributed by atoms with van der Waals surface area (Å²) >= 11 is 0. The lowest BCUT2D eigenvalue weighted by molar-refractivity contribution is 0.611. The van der Waals surface area contributed by atoms with Gasteiger partial charge in [0, 0.05) is 23.1 Å². The molecule has 138 valence electrons. The first-order chi connectivity index (χ1) is 13.3. The van der Waals surface area contributed by atoms with Crippen molar-refractivity contribution in [2.45, 2.75) is 31.7 Å². The molecule has 0 saturated heterocycles. The van der Waals surface area contributed by atoms with Gasteiger partial charge in [-0.2, -0.15) is 4.98 Å². The topological polar surface area (TPSA) is 61.9 Å². The maximum atomic E-state index is 14.0. The molecular formula is C21H22FN5. The Balaban J connectivity index is 1.42. The molecule has 6 heteroatoms. The standard InChI is InChI=1S/C21H22FN5/c22-19-14-23-21(27-20(19)25-16-8-4-5-9-16)26-18-12-10-17(11-13-18)24-15-6-2-1-3-7-15/h1-3,6-7,10-14,16,24H,4-5,8-9H2,(H2,23,25,26,27). The van der Waals surface area contributed by atoms with Gasteiger partial charge < -0.3 is 16.0 Å². The second kappa shape index (κ2) is 8.03. The molecule has 0 bridgehead atoms. The highest BCUT2D eigenvalue weighted by atomic mass is 19.1. The Hall–Kier alpha value is -3.15. The molecule has 0 radical (unpaired) electrons. The Morgan fingerprint density at radius 2 is 1.44 bits per heavy atom. The average Bonchev–Trinajstić information content (AvgIpc) is 3.20. The first-order valence-electron chi connectivity index (χ1n) is 9.24. The quantitative estimate of drug-likeness (QED) is 0.543. The van der Waals surface area contributed by atoms with Gasteiger partial charge in [0.25, 0.3) is 0 Å². The van der Waals surface area contributed by atoms with Crippen molar-refractivity contribution in [1.82, 2.24) is 9.97 Å². The minimum atomic E-state index is -0.421. The Bertz CT molecular complexity index is 877. The van der Waals surface area contributed by atoms with Crippen molar-refractivity contribution in [1.29, 1.82) is 0 Å². The molecule has 0 amide bonds. The van der Waals surface area contributed by atoms with Crippen molar-refractivity contribution in [2.24, 2.45) is 0 Å². The predicted octanol–water partition coefficient (Wildman–Crippen LogP) is 5.46. The maximum absolute atomic E-state index is 14.0. The number of nitrogens with zero attached hydrogens (tertiary/aromatic N) is 2. The molecule has 2 aromatic carbocycles. The fraction of sp³-hybridized carbons (Fsp3) is 0.238.